The van der Waals surface area contributed by atoms with Crippen molar-refractivity contribution in [3.63, 3.8) is 0 Å². The average molecular weight is 75.1 g/mol. The van der Waals surface area contributed by atoms with E-state index in [2.05, 4.69) is 6.92 Å². The van der Waals surface area contributed by atoms with Crippen LogP contribution in [0, 0.1) is 0 Å². The van der Waals surface area contributed by atoms with Gasteiger partial charge < -0.3 is 5.11 Å². The molecule has 0 fully saturated rings. The number of unbranched alkanes of at least 4 members (excludes halogenated alkanes) is 1. The summed E-state index contributed by atoms with van der Waals surface area (Å²) in [5.41, 5.74) is 0. The van der Waals surface area contributed by atoms with Gasteiger partial charge in [0.2, 0.25) is 0 Å². The van der Waals surface area contributed by atoms with E-state index in [-0.39, 0.29) is 1.43 Å². The molecule has 0 amide bonds. The highest BCUT2D eigenvalue weighted by atomic mass is 16.2. The van der Waals surface area contributed by atoms with Gasteiger partial charge in [0.1, 0.15) is 0 Å². The fraction of sp³-hybridized carbons (Fsp3) is 1.00. The summed E-state index contributed by atoms with van der Waals surface area (Å²) in [4.78, 5) is 0. The highest BCUT2D eigenvalue weighted by Crippen LogP contribution is 1.78. The third-order valence-electron chi connectivity index (χ3n) is 0.512. The van der Waals surface area contributed by atoms with Crippen molar-refractivity contribution in [2.45, 2.75) is 19.8 Å². The second-order valence-electron chi connectivity index (χ2n) is 1.08. The lowest BCUT2D eigenvalue weighted by atomic mass is 10.4. The molecule has 0 unspecified atom stereocenters. The Morgan fingerprint density at radius 2 is 2.40 bits per heavy atom. The van der Waals surface area contributed by atoms with Crippen molar-refractivity contribution in [2.75, 3.05) is 6.61 Å². The van der Waals surface area contributed by atoms with E-state index in [1.165, 1.54) is 0 Å². The predicted octanol–water partition coefficient (Wildman–Crippen LogP) is 0.891. The number of hydrogen-bond donors (Lipinski definition) is 1. The first-order valence-electron chi connectivity index (χ1n) is 2.02. The van der Waals surface area contributed by atoms with Crippen LogP contribution in [0.1, 0.15) is 21.2 Å². The van der Waals surface area contributed by atoms with E-state index in [0.29, 0.717) is 6.61 Å². The molecule has 1 N–H and O–H groups in total. The van der Waals surface area contributed by atoms with Crippen LogP contribution in [-0.4, -0.2) is 11.7 Å². The Balaban J connectivity index is 0. The zero-order chi connectivity index (χ0) is 4.12. The molecule has 5 heavy (non-hydrogen) atoms. The summed E-state index contributed by atoms with van der Waals surface area (Å²) < 4.78 is 0. The summed E-state index contributed by atoms with van der Waals surface area (Å²) in [6, 6.07) is 0. The van der Waals surface area contributed by atoms with Crippen molar-refractivity contribution in [2.24, 2.45) is 0 Å². The Bertz CT molecular complexity index is 15.0. The zero-order valence-electron chi connectivity index (χ0n) is 4.57. The topological polar surface area (TPSA) is 20.2 Å². The maximum atomic E-state index is 8.07. The van der Waals surface area contributed by atoms with E-state index >= 15 is 0 Å². The molecule has 0 rings (SSSR count). The molecule has 0 bridgehead atoms. The highest BCUT2D eigenvalue weighted by molar-refractivity contribution is 4.23. The Hall–Kier alpha value is -0.0400. The molecular formula is C4H11O+. The molecule has 0 saturated carbocycles. The average Bonchev–Trinajstić information content (AvgIpc) is 1.41. The summed E-state index contributed by atoms with van der Waals surface area (Å²) >= 11 is 0. The molecule has 1 heteroatoms. The summed E-state index contributed by atoms with van der Waals surface area (Å²) in [5.74, 6) is 0. The molecule has 0 saturated heterocycles. The van der Waals surface area contributed by atoms with E-state index in [0.717, 1.165) is 12.8 Å². The van der Waals surface area contributed by atoms with E-state index in [4.69, 9.17) is 5.11 Å². The lowest BCUT2D eigenvalue weighted by Gasteiger charge is -1.79. The molecule has 0 aliphatic carbocycles. The molecular weight excluding hydrogens is 64.0 g/mol. The molecule has 0 aromatic heterocycles. The van der Waals surface area contributed by atoms with Gasteiger partial charge in [0, 0.05) is 6.61 Å². The predicted molar refractivity (Wildman–Crippen MR) is 23.1 cm³/mol. The van der Waals surface area contributed by atoms with Crippen LogP contribution < -0.4 is 0 Å². The van der Waals surface area contributed by atoms with Crippen LogP contribution in [0.4, 0.5) is 0 Å². The largest absolute Gasteiger partial charge is 1.00 e. The SMILES string of the molecule is CCCCO.[H+]. The van der Waals surface area contributed by atoms with Gasteiger partial charge in [-0.3, -0.25) is 0 Å². The molecule has 0 spiro atoms. The molecule has 0 aromatic carbocycles. The maximum absolute atomic E-state index is 8.07. The Morgan fingerprint density at radius 1 is 1.80 bits per heavy atom. The molecule has 1 nitrogen and oxygen atoms in total. The van der Waals surface area contributed by atoms with E-state index in [1.807, 2.05) is 0 Å². The maximum Gasteiger partial charge on any atom is 1.00 e. The van der Waals surface area contributed by atoms with Crippen LogP contribution in [0.3, 0.4) is 0 Å². The Morgan fingerprint density at radius 3 is 2.40 bits per heavy atom. The summed E-state index contributed by atoms with van der Waals surface area (Å²) in [6.45, 7) is 2.40. The van der Waals surface area contributed by atoms with Crippen LogP contribution in [0.25, 0.3) is 0 Å². The van der Waals surface area contributed by atoms with E-state index in [1.54, 1.807) is 0 Å². The van der Waals surface area contributed by atoms with Crippen molar-refractivity contribution in [1.29, 1.82) is 0 Å². The first kappa shape index (κ1) is 4.96. The molecule has 32 valence electrons. The van der Waals surface area contributed by atoms with Crippen LogP contribution in [-0.2, 0) is 0 Å². The highest BCUT2D eigenvalue weighted by Gasteiger charge is 1.69. The summed E-state index contributed by atoms with van der Waals surface area (Å²) in [5, 5.41) is 8.07. The van der Waals surface area contributed by atoms with Crippen LogP contribution in [0.2, 0.25) is 0 Å². The minimum atomic E-state index is 0. The quantitative estimate of drug-likeness (QED) is 0.516. The smallest absolute Gasteiger partial charge is 0.396 e. The van der Waals surface area contributed by atoms with Gasteiger partial charge >= 0.3 is 1.43 Å². The molecule has 0 heterocycles. The lowest BCUT2D eigenvalue weighted by Crippen LogP contribution is -1.75. The lowest BCUT2D eigenvalue weighted by molar-refractivity contribution is 0.287. The van der Waals surface area contributed by atoms with E-state index in [9.17, 15) is 0 Å². The van der Waals surface area contributed by atoms with Crippen molar-refractivity contribution in [1.82, 2.24) is 0 Å². The first-order valence-corrected chi connectivity index (χ1v) is 2.02. The van der Waals surface area contributed by atoms with Gasteiger partial charge in [0.15, 0.2) is 0 Å². The second kappa shape index (κ2) is 3.96. The molecule has 0 aliphatic rings. The molecule has 0 radical (unpaired) electrons. The second-order valence-corrected chi connectivity index (χ2v) is 1.08. The van der Waals surface area contributed by atoms with Crippen LogP contribution in [0.5, 0.6) is 0 Å². The van der Waals surface area contributed by atoms with Crippen molar-refractivity contribution >= 4 is 0 Å². The van der Waals surface area contributed by atoms with Gasteiger partial charge in [0.05, 0.1) is 0 Å². The number of aliphatic hydroxyl groups excluding tert-OH is 1. The standard InChI is InChI=1S/C4H10O/c1-2-3-4-5/h5H,2-4H2,1H3/p+1. The molecule has 0 aliphatic heterocycles. The van der Waals surface area contributed by atoms with Gasteiger partial charge in [-0.1, -0.05) is 13.3 Å². The third-order valence-corrected chi connectivity index (χ3v) is 0.512. The Labute approximate surface area is 34.1 Å². The molecule has 0 aromatic rings. The summed E-state index contributed by atoms with van der Waals surface area (Å²) in [6.07, 6.45) is 2.04. The van der Waals surface area contributed by atoms with Crippen LogP contribution in [0.15, 0.2) is 0 Å². The number of hydrogen-bond acceptors (Lipinski definition) is 1. The fourth-order valence-electron chi connectivity index (χ4n) is 0.158. The van der Waals surface area contributed by atoms with Gasteiger partial charge in [-0.15, -0.1) is 0 Å². The fourth-order valence-corrected chi connectivity index (χ4v) is 0.158. The third kappa shape index (κ3) is 3.96. The monoisotopic (exact) mass is 75.1 g/mol. The van der Waals surface area contributed by atoms with E-state index < -0.39 is 0 Å². The first-order chi connectivity index (χ1) is 2.41. The van der Waals surface area contributed by atoms with Gasteiger partial charge in [0.25, 0.3) is 0 Å². The van der Waals surface area contributed by atoms with Crippen LogP contribution >= 0.6 is 0 Å². The van der Waals surface area contributed by atoms with Crippen molar-refractivity contribution in [3.05, 3.63) is 0 Å². The molecule has 0 atom stereocenters. The normalized spacial score (nSPS) is 8.40. The van der Waals surface area contributed by atoms with Crippen molar-refractivity contribution in [3.8, 4) is 0 Å². The van der Waals surface area contributed by atoms with Crippen molar-refractivity contribution < 1.29 is 6.53 Å². The van der Waals surface area contributed by atoms with Gasteiger partial charge in [-0.05, 0) is 6.42 Å². The minimum Gasteiger partial charge on any atom is -0.396 e. The number of rotatable bonds is 2. The Kier molecular flexibility index (Phi) is 3.93. The summed E-state index contributed by atoms with van der Waals surface area (Å²) in [7, 11) is 0. The van der Waals surface area contributed by atoms with Gasteiger partial charge in [-0.2, -0.15) is 0 Å². The minimum absolute atomic E-state index is 0. The zero-order valence-corrected chi connectivity index (χ0v) is 3.57. The number of aliphatic hydroxyl groups is 1. The van der Waals surface area contributed by atoms with Gasteiger partial charge in [-0.25, -0.2) is 0 Å².